The number of piperidine rings is 1. The molecule has 0 aromatic heterocycles. The van der Waals surface area contributed by atoms with E-state index in [1.165, 1.54) is 18.4 Å². The zero-order valence-corrected chi connectivity index (χ0v) is 15.8. The smallest absolute Gasteiger partial charge is 0.251 e. The van der Waals surface area contributed by atoms with Crippen molar-refractivity contribution in [2.24, 2.45) is 5.41 Å². The van der Waals surface area contributed by atoms with Gasteiger partial charge in [0.2, 0.25) is 0 Å². The Morgan fingerprint density at radius 1 is 1.27 bits per heavy atom. The largest absolute Gasteiger partial charge is 0.497 e. The second-order valence-corrected chi connectivity index (χ2v) is 8.18. The molecule has 26 heavy (non-hydrogen) atoms. The molecule has 1 aromatic carbocycles. The number of ether oxygens (including phenoxy) is 2. The number of benzene rings is 1. The van der Waals surface area contributed by atoms with Gasteiger partial charge in [0.1, 0.15) is 11.9 Å². The molecule has 5 heteroatoms. The number of amides is 1. The van der Waals surface area contributed by atoms with Crippen LogP contribution in [0.2, 0.25) is 0 Å². The fourth-order valence-corrected chi connectivity index (χ4v) is 4.91. The van der Waals surface area contributed by atoms with Gasteiger partial charge in [0.15, 0.2) is 0 Å². The van der Waals surface area contributed by atoms with Crippen LogP contribution in [0.3, 0.4) is 0 Å². The van der Waals surface area contributed by atoms with Crippen LogP contribution in [0.15, 0.2) is 24.3 Å². The van der Waals surface area contributed by atoms with Crippen LogP contribution >= 0.6 is 0 Å². The zero-order valence-electron chi connectivity index (χ0n) is 15.8. The highest BCUT2D eigenvalue weighted by Gasteiger charge is 2.44. The maximum atomic E-state index is 12.7. The predicted octanol–water partition coefficient (Wildman–Crippen LogP) is 2.69. The molecule has 0 radical (unpaired) electrons. The first-order chi connectivity index (χ1) is 12.7. The second kappa shape index (κ2) is 7.57. The summed E-state index contributed by atoms with van der Waals surface area (Å²) in [5, 5.41) is 0. The molecule has 1 aromatic rings. The number of hydrogen-bond acceptors (Lipinski definition) is 4. The summed E-state index contributed by atoms with van der Waals surface area (Å²) in [5.74, 6) is 1.15. The lowest BCUT2D eigenvalue weighted by atomic mass is 9.79. The lowest BCUT2D eigenvalue weighted by Crippen LogP contribution is -2.46. The van der Waals surface area contributed by atoms with Gasteiger partial charge >= 0.3 is 0 Å². The van der Waals surface area contributed by atoms with Crippen molar-refractivity contribution in [3.63, 3.8) is 0 Å². The van der Waals surface area contributed by atoms with Crippen molar-refractivity contribution in [1.82, 2.24) is 9.80 Å². The minimum Gasteiger partial charge on any atom is -0.497 e. The molecule has 3 aliphatic heterocycles. The van der Waals surface area contributed by atoms with Crippen molar-refractivity contribution >= 4 is 5.91 Å². The highest BCUT2D eigenvalue weighted by molar-refractivity contribution is 5.81. The van der Waals surface area contributed by atoms with Crippen molar-refractivity contribution in [2.75, 3.05) is 39.9 Å². The third kappa shape index (κ3) is 3.74. The Kier molecular flexibility index (Phi) is 5.18. The average molecular weight is 358 g/mol. The van der Waals surface area contributed by atoms with Crippen molar-refractivity contribution in [1.29, 1.82) is 0 Å². The van der Waals surface area contributed by atoms with Crippen LogP contribution in [0.4, 0.5) is 0 Å². The van der Waals surface area contributed by atoms with Gasteiger partial charge in [0.05, 0.1) is 7.11 Å². The number of methoxy groups -OCH3 is 1. The van der Waals surface area contributed by atoms with Crippen LogP contribution in [0.25, 0.3) is 0 Å². The third-order valence-corrected chi connectivity index (χ3v) is 6.24. The first kappa shape index (κ1) is 17.8. The summed E-state index contributed by atoms with van der Waals surface area (Å²) in [6.07, 6.45) is 5.30. The molecule has 3 fully saturated rings. The SMILES string of the molecule is COc1cccc(CN2CCC[C@]3(CCN(C(=O)[C@H]4CCCO4)C3)C2)c1. The van der Waals surface area contributed by atoms with E-state index in [1.54, 1.807) is 7.11 Å². The monoisotopic (exact) mass is 358 g/mol. The topological polar surface area (TPSA) is 42.0 Å². The standard InChI is InChI=1S/C21H30N2O3/c1-25-18-6-2-5-17(13-18)14-22-10-4-8-21(15-22)9-11-23(16-21)20(24)19-7-3-12-26-19/h2,5-6,13,19H,3-4,7-12,14-16H2,1H3/t19-,21+/m1/s1. The normalized spacial score (nSPS) is 29.4. The molecule has 3 aliphatic rings. The molecule has 1 amide bonds. The lowest BCUT2D eigenvalue weighted by molar-refractivity contribution is -0.140. The van der Waals surface area contributed by atoms with E-state index in [9.17, 15) is 4.79 Å². The summed E-state index contributed by atoms with van der Waals surface area (Å²) in [5.41, 5.74) is 1.57. The maximum absolute atomic E-state index is 12.7. The minimum absolute atomic E-state index is 0.179. The predicted molar refractivity (Wildman–Crippen MR) is 100 cm³/mol. The zero-order chi connectivity index (χ0) is 18.0. The number of likely N-dealkylation sites (tertiary alicyclic amines) is 2. The van der Waals surface area contributed by atoms with E-state index in [0.717, 1.165) is 64.3 Å². The molecule has 0 N–H and O–H groups in total. The van der Waals surface area contributed by atoms with Gasteiger partial charge in [-0.1, -0.05) is 12.1 Å². The van der Waals surface area contributed by atoms with Crippen LogP contribution in [0, 0.1) is 5.41 Å². The Hall–Kier alpha value is -1.59. The van der Waals surface area contributed by atoms with Gasteiger partial charge in [-0.3, -0.25) is 9.69 Å². The minimum atomic E-state index is -0.179. The molecule has 4 rings (SSSR count). The average Bonchev–Trinajstić information content (AvgIpc) is 3.32. The molecule has 142 valence electrons. The van der Waals surface area contributed by atoms with Crippen LogP contribution in [0.5, 0.6) is 5.75 Å². The molecule has 3 heterocycles. The summed E-state index contributed by atoms with van der Waals surface area (Å²) in [6, 6.07) is 8.35. The quantitative estimate of drug-likeness (QED) is 0.830. The molecule has 5 nitrogen and oxygen atoms in total. The number of rotatable bonds is 4. The van der Waals surface area contributed by atoms with Crippen molar-refractivity contribution in [3.05, 3.63) is 29.8 Å². The summed E-state index contributed by atoms with van der Waals surface area (Å²) >= 11 is 0. The van der Waals surface area contributed by atoms with Gasteiger partial charge in [-0.05, 0) is 56.3 Å². The van der Waals surface area contributed by atoms with Crippen molar-refractivity contribution in [3.8, 4) is 5.75 Å². The summed E-state index contributed by atoms with van der Waals surface area (Å²) in [7, 11) is 1.72. The van der Waals surface area contributed by atoms with Crippen LogP contribution in [-0.4, -0.2) is 61.7 Å². The molecule has 0 aliphatic carbocycles. The summed E-state index contributed by atoms with van der Waals surface area (Å²) < 4.78 is 11.0. The summed E-state index contributed by atoms with van der Waals surface area (Å²) in [4.78, 5) is 17.3. The van der Waals surface area contributed by atoms with E-state index >= 15 is 0 Å². The Morgan fingerprint density at radius 3 is 3.00 bits per heavy atom. The van der Waals surface area contributed by atoms with Crippen LogP contribution < -0.4 is 4.74 Å². The molecule has 3 saturated heterocycles. The van der Waals surface area contributed by atoms with E-state index in [-0.39, 0.29) is 17.4 Å². The second-order valence-electron chi connectivity index (χ2n) is 8.18. The lowest BCUT2D eigenvalue weighted by Gasteiger charge is -2.40. The Bertz CT molecular complexity index is 644. The molecule has 0 saturated carbocycles. The van der Waals surface area contributed by atoms with Gasteiger partial charge in [0, 0.05) is 38.2 Å². The molecule has 1 spiro atoms. The summed E-state index contributed by atoms with van der Waals surface area (Å²) in [6.45, 7) is 5.71. The molecule has 0 bridgehead atoms. The maximum Gasteiger partial charge on any atom is 0.251 e. The highest BCUT2D eigenvalue weighted by atomic mass is 16.5. The third-order valence-electron chi connectivity index (χ3n) is 6.24. The molecule has 0 unspecified atom stereocenters. The number of carbonyl (C=O) groups is 1. The first-order valence-corrected chi connectivity index (χ1v) is 9.93. The van der Waals surface area contributed by atoms with Crippen LogP contribution in [0.1, 0.15) is 37.7 Å². The Labute approximate surface area is 156 Å². The Balaban J connectivity index is 1.37. The van der Waals surface area contributed by atoms with Gasteiger partial charge in [0.25, 0.3) is 5.91 Å². The van der Waals surface area contributed by atoms with Gasteiger partial charge < -0.3 is 14.4 Å². The van der Waals surface area contributed by atoms with Gasteiger partial charge in [-0.15, -0.1) is 0 Å². The van der Waals surface area contributed by atoms with E-state index < -0.39 is 0 Å². The molecule has 2 atom stereocenters. The van der Waals surface area contributed by atoms with Gasteiger partial charge in [-0.2, -0.15) is 0 Å². The number of hydrogen-bond donors (Lipinski definition) is 0. The fraction of sp³-hybridized carbons (Fsp3) is 0.667. The van der Waals surface area contributed by atoms with E-state index in [1.807, 2.05) is 6.07 Å². The van der Waals surface area contributed by atoms with Crippen LogP contribution in [-0.2, 0) is 16.1 Å². The first-order valence-electron chi connectivity index (χ1n) is 9.93. The number of carbonyl (C=O) groups excluding carboxylic acids is 1. The fourth-order valence-electron chi connectivity index (χ4n) is 4.91. The van der Waals surface area contributed by atoms with E-state index in [2.05, 4.69) is 28.0 Å². The highest BCUT2D eigenvalue weighted by Crippen LogP contribution is 2.40. The van der Waals surface area contributed by atoms with Crippen molar-refractivity contribution < 1.29 is 14.3 Å². The van der Waals surface area contributed by atoms with Crippen molar-refractivity contribution in [2.45, 2.75) is 44.8 Å². The Morgan fingerprint density at radius 2 is 2.19 bits per heavy atom. The van der Waals surface area contributed by atoms with E-state index in [0.29, 0.717) is 0 Å². The molecular weight excluding hydrogens is 328 g/mol. The molecular formula is C21H30N2O3. The number of nitrogens with zero attached hydrogens (tertiary/aromatic N) is 2. The van der Waals surface area contributed by atoms with E-state index in [4.69, 9.17) is 9.47 Å². The van der Waals surface area contributed by atoms with Gasteiger partial charge in [-0.25, -0.2) is 0 Å².